The Bertz CT molecular complexity index is 461. The fourth-order valence-corrected chi connectivity index (χ4v) is 1.65. The van der Waals surface area contributed by atoms with E-state index in [1.807, 2.05) is 0 Å². The fraction of sp³-hybridized carbons (Fsp3) is 0.500. The Hall–Kier alpha value is -1.56. The topological polar surface area (TPSA) is 38.3 Å². The molecule has 0 spiro atoms. The van der Waals surface area contributed by atoms with E-state index in [1.54, 1.807) is 27.8 Å². The van der Waals surface area contributed by atoms with Gasteiger partial charge in [0, 0.05) is 0 Å². The smallest absolute Gasteiger partial charge is 0.416 e. The van der Waals surface area contributed by atoms with Gasteiger partial charge >= 0.3 is 12.1 Å². The minimum Gasteiger partial charge on any atom is -0.459 e. The van der Waals surface area contributed by atoms with Crippen LogP contribution in [0.3, 0.4) is 0 Å². The summed E-state index contributed by atoms with van der Waals surface area (Å²) >= 11 is 0. The normalized spacial score (nSPS) is 13.9. The third-order valence-electron chi connectivity index (χ3n) is 2.50. The van der Waals surface area contributed by atoms with Crippen LogP contribution in [0.25, 0.3) is 0 Å². The van der Waals surface area contributed by atoms with Crippen LogP contribution in [0.2, 0.25) is 0 Å². The number of nitrogens with one attached hydrogen (secondary N) is 1. The molecule has 1 aromatic carbocycles. The molecule has 0 saturated carbocycles. The molecule has 0 amide bonds. The van der Waals surface area contributed by atoms with Crippen molar-refractivity contribution in [3.8, 4) is 0 Å². The third kappa shape index (κ3) is 4.52. The van der Waals surface area contributed by atoms with E-state index in [1.165, 1.54) is 12.1 Å². The average Bonchev–Trinajstić information content (AvgIpc) is 2.27. The largest absolute Gasteiger partial charge is 0.459 e. The molecule has 1 unspecified atom stereocenters. The highest BCUT2D eigenvalue weighted by Gasteiger charge is 2.31. The number of alkyl halides is 3. The van der Waals surface area contributed by atoms with Crippen molar-refractivity contribution in [2.45, 2.75) is 38.6 Å². The van der Waals surface area contributed by atoms with Crippen molar-refractivity contribution < 1.29 is 22.7 Å². The van der Waals surface area contributed by atoms with E-state index in [-0.39, 0.29) is 0 Å². The molecular formula is C14H18F3NO2. The van der Waals surface area contributed by atoms with Gasteiger partial charge in [0.25, 0.3) is 0 Å². The van der Waals surface area contributed by atoms with Crippen molar-refractivity contribution in [1.82, 2.24) is 5.32 Å². The number of ether oxygens (including phenoxy) is 1. The molecule has 20 heavy (non-hydrogen) atoms. The van der Waals surface area contributed by atoms with Gasteiger partial charge in [-0.15, -0.1) is 0 Å². The van der Waals surface area contributed by atoms with E-state index in [0.717, 1.165) is 12.1 Å². The first-order valence-corrected chi connectivity index (χ1v) is 6.12. The lowest BCUT2D eigenvalue weighted by Crippen LogP contribution is -2.33. The first-order valence-electron chi connectivity index (χ1n) is 6.12. The van der Waals surface area contributed by atoms with Crippen molar-refractivity contribution in [3.05, 3.63) is 35.4 Å². The van der Waals surface area contributed by atoms with E-state index >= 15 is 0 Å². The second-order valence-electron chi connectivity index (χ2n) is 5.37. The number of carbonyl (C=O) groups is 1. The van der Waals surface area contributed by atoms with Crippen LogP contribution in [0.5, 0.6) is 0 Å². The van der Waals surface area contributed by atoms with Gasteiger partial charge in [0.1, 0.15) is 11.6 Å². The second kappa shape index (κ2) is 5.83. The second-order valence-corrected chi connectivity index (χ2v) is 5.37. The third-order valence-corrected chi connectivity index (χ3v) is 2.50. The Balaban J connectivity index is 2.94. The van der Waals surface area contributed by atoms with E-state index < -0.39 is 29.4 Å². The first kappa shape index (κ1) is 16.5. The molecule has 112 valence electrons. The summed E-state index contributed by atoms with van der Waals surface area (Å²) in [6, 6.07) is 3.65. The van der Waals surface area contributed by atoms with Crippen molar-refractivity contribution >= 4 is 5.97 Å². The molecular weight excluding hydrogens is 271 g/mol. The number of carbonyl (C=O) groups excluding carboxylic acids is 1. The summed E-state index contributed by atoms with van der Waals surface area (Å²) in [5.74, 6) is -0.528. The zero-order valence-electron chi connectivity index (χ0n) is 11.8. The van der Waals surface area contributed by atoms with Crippen LogP contribution < -0.4 is 5.32 Å². The summed E-state index contributed by atoms with van der Waals surface area (Å²) < 4.78 is 42.6. The molecule has 0 heterocycles. The summed E-state index contributed by atoms with van der Waals surface area (Å²) in [6.45, 7) is 5.18. The number of halogens is 3. The molecule has 0 radical (unpaired) electrons. The fourth-order valence-electron chi connectivity index (χ4n) is 1.65. The maximum Gasteiger partial charge on any atom is 0.416 e. The maximum absolute atomic E-state index is 12.5. The van der Waals surface area contributed by atoms with Crippen LogP contribution in [0.4, 0.5) is 13.2 Å². The molecule has 1 rings (SSSR count). The Labute approximate surface area is 116 Å². The van der Waals surface area contributed by atoms with Gasteiger partial charge in [-0.1, -0.05) is 12.1 Å². The molecule has 0 aromatic heterocycles. The van der Waals surface area contributed by atoms with Gasteiger partial charge in [-0.05, 0) is 45.5 Å². The molecule has 0 aliphatic rings. The molecule has 3 nitrogen and oxygen atoms in total. The van der Waals surface area contributed by atoms with Gasteiger partial charge in [-0.2, -0.15) is 13.2 Å². The molecule has 1 atom stereocenters. The van der Waals surface area contributed by atoms with E-state index in [0.29, 0.717) is 5.56 Å². The minimum atomic E-state index is -4.39. The first-order chi connectivity index (χ1) is 9.04. The van der Waals surface area contributed by atoms with Crippen LogP contribution in [-0.2, 0) is 15.7 Å². The van der Waals surface area contributed by atoms with Crippen LogP contribution in [-0.4, -0.2) is 18.6 Å². The van der Waals surface area contributed by atoms with Crippen LogP contribution >= 0.6 is 0 Å². The van der Waals surface area contributed by atoms with Crippen molar-refractivity contribution in [3.63, 3.8) is 0 Å². The van der Waals surface area contributed by atoms with Gasteiger partial charge in [-0.25, -0.2) is 4.79 Å². The predicted octanol–water partition coefficient (Wildman–Crippen LogP) is 3.31. The van der Waals surface area contributed by atoms with Crippen LogP contribution in [0.15, 0.2) is 24.3 Å². The van der Waals surface area contributed by atoms with Gasteiger partial charge in [0.05, 0.1) is 5.56 Å². The highest BCUT2D eigenvalue weighted by Crippen LogP contribution is 2.30. The van der Waals surface area contributed by atoms with E-state index in [9.17, 15) is 18.0 Å². The van der Waals surface area contributed by atoms with Gasteiger partial charge in [-0.3, -0.25) is 0 Å². The predicted molar refractivity (Wildman–Crippen MR) is 69.1 cm³/mol. The average molecular weight is 289 g/mol. The molecule has 0 bridgehead atoms. The van der Waals surface area contributed by atoms with Gasteiger partial charge in [0.15, 0.2) is 0 Å². The van der Waals surface area contributed by atoms with E-state index in [2.05, 4.69) is 5.32 Å². The summed E-state index contributed by atoms with van der Waals surface area (Å²) in [4.78, 5) is 12.0. The number of likely N-dealkylation sites (N-methyl/N-ethyl adjacent to an activating group) is 1. The Morgan fingerprint density at radius 3 is 2.00 bits per heavy atom. The van der Waals surface area contributed by atoms with Crippen molar-refractivity contribution in [1.29, 1.82) is 0 Å². The molecule has 0 saturated heterocycles. The molecule has 1 aromatic rings. The molecule has 1 N–H and O–H groups in total. The number of hydrogen-bond acceptors (Lipinski definition) is 3. The zero-order chi connectivity index (χ0) is 15.6. The van der Waals surface area contributed by atoms with E-state index in [4.69, 9.17) is 4.74 Å². The van der Waals surface area contributed by atoms with Crippen molar-refractivity contribution in [2.24, 2.45) is 0 Å². The highest BCUT2D eigenvalue weighted by atomic mass is 19.4. The summed E-state index contributed by atoms with van der Waals surface area (Å²) in [6.07, 6.45) is -4.39. The quantitative estimate of drug-likeness (QED) is 0.868. The number of rotatable bonds is 3. The SMILES string of the molecule is CNC(C(=O)OC(C)(C)C)c1ccc(C(F)(F)F)cc1. The lowest BCUT2D eigenvalue weighted by atomic mass is 10.0. The van der Waals surface area contributed by atoms with Crippen LogP contribution in [0, 0.1) is 0 Å². The Morgan fingerprint density at radius 2 is 1.65 bits per heavy atom. The Morgan fingerprint density at radius 1 is 1.15 bits per heavy atom. The maximum atomic E-state index is 12.5. The summed E-state index contributed by atoms with van der Waals surface area (Å²) in [7, 11) is 1.55. The molecule has 0 aliphatic heterocycles. The molecule has 0 aliphatic carbocycles. The van der Waals surface area contributed by atoms with Crippen LogP contribution in [0.1, 0.15) is 37.9 Å². The minimum absolute atomic E-state index is 0.426. The molecule has 6 heteroatoms. The number of hydrogen-bond donors (Lipinski definition) is 1. The number of benzene rings is 1. The number of esters is 1. The van der Waals surface area contributed by atoms with Crippen molar-refractivity contribution in [2.75, 3.05) is 7.05 Å². The summed E-state index contributed by atoms with van der Waals surface area (Å²) in [5.41, 5.74) is -0.979. The summed E-state index contributed by atoms with van der Waals surface area (Å²) in [5, 5.41) is 2.74. The Kier molecular flexibility index (Phi) is 4.81. The monoisotopic (exact) mass is 289 g/mol. The molecule has 0 fully saturated rings. The van der Waals surface area contributed by atoms with Gasteiger partial charge in [0.2, 0.25) is 0 Å². The zero-order valence-corrected chi connectivity index (χ0v) is 11.8. The standard InChI is InChI=1S/C14H18F3NO2/c1-13(2,3)20-12(19)11(18-4)9-5-7-10(8-6-9)14(15,16)17/h5-8,11,18H,1-4H3. The lowest BCUT2D eigenvalue weighted by Gasteiger charge is -2.24. The lowest BCUT2D eigenvalue weighted by molar-refractivity contribution is -0.157. The highest BCUT2D eigenvalue weighted by molar-refractivity contribution is 5.78. The van der Waals surface area contributed by atoms with Gasteiger partial charge < -0.3 is 10.1 Å².